The molecule has 4 heteroatoms. The van der Waals surface area contributed by atoms with Crippen molar-refractivity contribution < 1.29 is 0 Å². The fraction of sp³-hybridized carbons (Fsp3) is 0.500. The number of hydrogen-bond acceptors (Lipinski definition) is 3. The molecule has 1 aliphatic rings. The standard InChI is InChI=1S/C16H20ClNS2/c1-2-5-13(15-8-4-9-19-15)18-12-6-3-7-14-11(12)10-16(17)20-14/h4,8-10,12-13,18H,2-3,5-7H2,1H3. The average Bonchev–Trinajstić information content (AvgIpc) is 3.06. The van der Waals surface area contributed by atoms with Crippen molar-refractivity contribution in [3.05, 3.63) is 43.2 Å². The molecule has 0 radical (unpaired) electrons. The Balaban J connectivity index is 1.79. The van der Waals surface area contributed by atoms with Gasteiger partial charge in [-0.1, -0.05) is 31.0 Å². The molecule has 0 aromatic carbocycles. The van der Waals surface area contributed by atoms with Crippen molar-refractivity contribution in [3.63, 3.8) is 0 Å². The molecule has 2 heterocycles. The van der Waals surface area contributed by atoms with Crippen molar-refractivity contribution >= 4 is 34.3 Å². The van der Waals surface area contributed by atoms with E-state index in [0.717, 1.165) is 4.34 Å². The first-order chi connectivity index (χ1) is 9.78. The van der Waals surface area contributed by atoms with E-state index in [1.54, 1.807) is 11.3 Å². The van der Waals surface area contributed by atoms with Crippen molar-refractivity contribution in [2.75, 3.05) is 0 Å². The molecule has 0 spiro atoms. The van der Waals surface area contributed by atoms with E-state index in [9.17, 15) is 0 Å². The van der Waals surface area contributed by atoms with Gasteiger partial charge in [-0.25, -0.2) is 0 Å². The van der Waals surface area contributed by atoms with Gasteiger partial charge >= 0.3 is 0 Å². The molecule has 2 aromatic rings. The minimum absolute atomic E-state index is 0.473. The van der Waals surface area contributed by atoms with Gasteiger partial charge in [-0.3, -0.25) is 0 Å². The molecule has 0 saturated carbocycles. The highest BCUT2D eigenvalue weighted by molar-refractivity contribution is 7.16. The highest BCUT2D eigenvalue weighted by Crippen LogP contribution is 2.39. The topological polar surface area (TPSA) is 12.0 Å². The number of fused-ring (bicyclic) bond motifs is 1. The first-order valence-electron chi connectivity index (χ1n) is 7.35. The van der Waals surface area contributed by atoms with Gasteiger partial charge in [-0.2, -0.15) is 0 Å². The van der Waals surface area contributed by atoms with Crippen LogP contribution in [0, 0.1) is 0 Å². The van der Waals surface area contributed by atoms with Crippen LogP contribution < -0.4 is 5.32 Å². The van der Waals surface area contributed by atoms with Gasteiger partial charge in [0.15, 0.2) is 0 Å². The molecule has 1 aliphatic carbocycles. The smallest absolute Gasteiger partial charge is 0.0934 e. The maximum absolute atomic E-state index is 6.21. The van der Waals surface area contributed by atoms with Crippen LogP contribution in [0.25, 0.3) is 0 Å². The minimum Gasteiger partial charge on any atom is -0.302 e. The summed E-state index contributed by atoms with van der Waals surface area (Å²) in [6.07, 6.45) is 6.10. The Hall–Kier alpha value is -0.350. The lowest BCUT2D eigenvalue weighted by atomic mass is 9.93. The summed E-state index contributed by atoms with van der Waals surface area (Å²) in [5.41, 5.74) is 1.45. The lowest BCUT2D eigenvalue weighted by Crippen LogP contribution is -2.28. The van der Waals surface area contributed by atoms with E-state index < -0.39 is 0 Å². The van der Waals surface area contributed by atoms with Gasteiger partial charge in [0.25, 0.3) is 0 Å². The third-order valence-corrected chi connectivity index (χ3v) is 6.28. The van der Waals surface area contributed by atoms with Crippen LogP contribution in [0.1, 0.15) is 60.0 Å². The summed E-state index contributed by atoms with van der Waals surface area (Å²) in [4.78, 5) is 2.94. The van der Waals surface area contributed by atoms with E-state index >= 15 is 0 Å². The molecule has 108 valence electrons. The first-order valence-corrected chi connectivity index (χ1v) is 9.43. The zero-order valence-corrected chi connectivity index (χ0v) is 14.1. The summed E-state index contributed by atoms with van der Waals surface area (Å²) in [7, 11) is 0. The van der Waals surface area contributed by atoms with Crippen molar-refractivity contribution in [1.82, 2.24) is 5.32 Å². The van der Waals surface area contributed by atoms with E-state index in [4.69, 9.17) is 11.6 Å². The molecule has 0 fully saturated rings. The fourth-order valence-electron chi connectivity index (χ4n) is 3.02. The van der Waals surface area contributed by atoms with E-state index in [-0.39, 0.29) is 0 Å². The minimum atomic E-state index is 0.473. The number of nitrogens with one attached hydrogen (secondary N) is 1. The van der Waals surface area contributed by atoms with E-state index in [1.807, 2.05) is 11.3 Å². The quantitative estimate of drug-likeness (QED) is 0.714. The van der Waals surface area contributed by atoms with Crippen molar-refractivity contribution in [3.8, 4) is 0 Å². The number of hydrogen-bond donors (Lipinski definition) is 1. The summed E-state index contributed by atoms with van der Waals surface area (Å²) < 4.78 is 0.937. The van der Waals surface area contributed by atoms with Gasteiger partial charge in [-0.15, -0.1) is 22.7 Å². The van der Waals surface area contributed by atoms with E-state index in [2.05, 4.69) is 35.8 Å². The van der Waals surface area contributed by atoms with Gasteiger partial charge in [0.2, 0.25) is 0 Å². The molecule has 0 amide bonds. The van der Waals surface area contributed by atoms with Crippen LogP contribution in [-0.4, -0.2) is 0 Å². The molecule has 0 bridgehead atoms. The molecule has 1 N–H and O–H groups in total. The zero-order valence-electron chi connectivity index (χ0n) is 11.7. The van der Waals surface area contributed by atoms with E-state index in [0.29, 0.717) is 12.1 Å². The molecule has 3 rings (SSSR count). The molecule has 20 heavy (non-hydrogen) atoms. The molecule has 0 aliphatic heterocycles. The van der Waals surface area contributed by atoms with E-state index in [1.165, 1.54) is 47.4 Å². The van der Waals surface area contributed by atoms with Gasteiger partial charge < -0.3 is 5.32 Å². The SMILES string of the molecule is CCCC(NC1CCCc2sc(Cl)cc21)c1cccs1. The number of thiophene rings is 2. The summed E-state index contributed by atoms with van der Waals surface area (Å²) in [5, 5.41) is 6.06. The van der Waals surface area contributed by atoms with Crippen LogP contribution in [0.4, 0.5) is 0 Å². The Morgan fingerprint density at radius 3 is 3.15 bits per heavy atom. The zero-order chi connectivity index (χ0) is 13.9. The van der Waals surface area contributed by atoms with Crippen LogP contribution in [0.15, 0.2) is 23.6 Å². The third kappa shape index (κ3) is 3.11. The van der Waals surface area contributed by atoms with Crippen molar-refractivity contribution in [1.29, 1.82) is 0 Å². The molecule has 2 atom stereocenters. The van der Waals surface area contributed by atoms with Gasteiger partial charge in [0.1, 0.15) is 0 Å². The maximum Gasteiger partial charge on any atom is 0.0934 e. The molecule has 2 unspecified atom stereocenters. The van der Waals surface area contributed by atoms with Gasteiger partial charge in [0, 0.05) is 21.8 Å². The Labute approximate surface area is 134 Å². The molecular weight excluding hydrogens is 306 g/mol. The predicted octanol–water partition coefficient (Wildman–Crippen LogP) is 5.97. The molecule has 0 saturated heterocycles. The van der Waals surface area contributed by atoms with Gasteiger partial charge in [-0.05, 0) is 48.8 Å². The van der Waals surface area contributed by atoms with Crippen molar-refractivity contribution in [2.45, 2.75) is 51.1 Å². The van der Waals surface area contributed by atoms with Crippen LogP contribution >= 0.6 is 34.3 Å². The predicted molar refractivity (Wildman–Crippen MR) is 90.1 cm³/mol. The Kier molecular flexibility index (Phi) is 4.82. The Morgan fingerprint density at radius 1 is 1.50 bits per heavy atom. The second kappa shape index (κ2) is 6.61. The molecule has 2 aromatic heterocycles. The Bertz CT molecular complexity index is 547. The summed E-state index contributed by atoms with van der Waals surface area (Å²) in [6, 6.07) is 7.53. The number of aryl methyl sites for hydroxylation is 1. The van der Waals surface area contributed by atoms with Crippen molar-refractivity contribution in [2.24, 2.45) is 0 Å². The largest absolute Gasteiger partial charge is 0.302 e. The first kappa shape index (κ1) is 14.6. The summed E-state index contributed by atoms with van der Waals surface area (Å²) in [6.45, 7) is 2.26. The second-order valence-corrected chi connectivity index (χ2v) is 8.14. The number of halogens is 1. The van der Waals surface area contributed by atoms with Crippen LogP contribution in [0.2, 0.25) is 4.34 Å². The molecule has 1 nitrogen and oxygen atoms in total. The number of rotatable bonds is 5. The van der Waals surface area contributed by atoms with Crippen LogP contribution in [-0.2, 0) is 6.42 Å². The lowest BCUT2D eigenvalue weighted by Gasteiger charge is -2.28. The maximum atomic E-state index is 6.21. The third-order valence-electron chi connectivity index (χ3n) is 3.95. The Morgan fingerprint density at radius 2 is 2.40 bits per heavy atom. The average molecular weight is 326 g/mol. The van der Waals surface area contributed by atoms with Crippen LogP contribution in [0.3, 0.4) is 0 Å². The highest BCUT2D eigenvalue weighted by Gasteiger charge is 2.25. The van der Waals surface area contributed by atoms with Crippen LogP contribution in [0.5, 0.6) is 0 Å². The summed E-state index contributed by atoms with van der Waals surface area (Å²) in [5.74, 6) is 0. The monoisotopic (exact) mass is 325 g/mol. The highest BCUT2D eigenvalue weighted by atomic mass is 35.5. The van der Waals surface area contributed by atoms with Gasteiger partial charge in [0.05, 0.1) is 4.34 Å². The fourth-order valence-corrected chi connectivity index (χ4v) is 5.23. The second-order valence-electron chi connectivity index (χ2n) is 5.40. The lowest BCUT2D eigenvalue weighted by molar-refractivity contribution is 0.389. The summed E-state index contributed by atoms with van der Waals surface area (Å²) >= 11 is 9.83. The normalized spacial score (nSPS) is 19.8. The molecular formula is C16H20ClNS2.